The summed E-state index contributed by atoms with van der Waals surface area (Å²) in [5.41, 5.74) is 1.12. The predicted octanol–water partition coefficient (Wildman–Crippen LogP) is 2.41. The van der Waals surface area contributed by atoms with Crippen molar-refractivity contribution < 1.29 is 14.2 Å². The molecule has 1 saturated heterocycles. The molecule has 1 aromatic rings. The molecule has 3 rings (SSSR count). The Labute approximate surface area is 119 Å². The van der Waals surface area contributed by atoms with Crippen molar-refractivity contribution in [2.75, 3.05) is 13.2 Å². The van der Waals surface area contributed by atoms with Crippen molar-refractivity contribution in [3.63, 3.8) is 0 Å². The van der Waals surface area contributed by atoms with Crippen molar-refractivity contribution >= 4 is 0 Å². The lowest BCUT2D eigenvalue weighted by atomic mass is 9.74. The smallest absolute Gasteiger partial charge is 0.123 e. The SMILES string of the molecule is OC1CC([C@H](NC2CCOCC2)c2ccc(F)cc2)C1. The van der Waals surface area contributed by atoms with Crippen LogP contribution in [0, 0.1) is 11.7 Å². The summed E-state index contributed by atoms with van der Waals surface area (Å²) in [6.07, 6.45) is 3.54. The topological polar surface area (TPSA) is 41.5 Å². The molecule has 1 heterocycles. The maximum Gasteiger partial charge on any atom is 0.123 e. The Morgan fingerprint density at radius 3 is 2.40 bits per heavy atom. The van der Waals surface area contributed by atoms with E-state index < -0.39 is 0 Å². The summed E-state index contributed by atoms with van der Waals surface area (Å²) in [6, 6.07) is 7.42. The van der Waals surface area contributed by atoms with Crippen LogP contribution in [0.15, 0.2) is 24.3 Å². The molecule has 2 N–H and O–H groups in total. The number of halogens is 1. The van der Waals surface area contributed by atoms with Crippen LogP contribution in [0.3, 0.4) is 0 Å². The zero-order valence-corrected chi connectivity index (χ0v) is 11.6. The van der Waals surface area contributed by atoms with Crippen molar-refractivity contribution in [3.8, 4) is 0 Å². The Morgan fingerprint density at radius 1 is 1.15 bits per heavy atom. The van der Waals surface area contributed by atoms with E-state index in [0.717, 1.165) is 44.5 Å². The summed E-state index contributed by atoms with van der Waals surface area (Å²) < 4.78 is 18.5. The van der Waals surface area contributed by atoms with Crippen LogP contribution >= 0.6 is 0 Å². The number of nitrogens with one attached hydrogen (secondary N) is 1. The van der Waals surface area contributed by atoms with Gasteiger partial charge in [-0.15, -0.1) is 0 Å². The highest BCUT2D eigenvalue weighted by atomic mass is 19.1. The predicted molar refractivity (Wildman–Crippen MR) is 74.8 cm³/mol. The molecule has 2 aliphatic rings. The third kappa shape index (κ3) is 3.19. The van der Waals surface area contributed by atoms with Gasteiger partial charge in [-0.2, -0.15) is 0 Å². The molecule has 0 aromatic heterocycles. The Kier molecular flexibility index (Phi) is 4.34. The van der Waals surface area contributed by atoms with Gasteiger partial charge in [-0.05, 0) is 49.3 Å². The second kappa shape index (κ2) is 6.20. The van der Waals surface area contributed by atoms with E-state index in [1.807, 2.05) is 12.1 Å². The third-order valence-corrected chi connectivity index (χ3v) is 4.49. The number of hydrogen-bond acceptors (Lipinski definition) is 3. The molecule has 0 radical (unpaired) electrons. The first-order chi connectivity index (χ1) is 9.72. The first-order valence-electron chi connectivity index (χ1n) is 7.49. The Bertz CT molecular complexity index is 425. The molecule has 3 nitrogen and oxygen atoms in total. The summed E-state index contributed by atoms with van der Waals surface area (Å²) in [7, 11) is 0. The van der Waals surface area contributed by atoms with Crippen LogP contribution in [0.1, 0.15) is 37.3 Å². The fourth-order valence-electron chi connectivity index (χ4n) is 3.19. The number of ether oxygens (including phenoxy) is 1. The average molecular weight is 279 g/mol. The van der Waals surface area contributed by atoms with Crippen LogP contribution in [-0.4, -0.2) is 30.5 Å². The van der Waals surface area contributed by atoms with Gasteiger partial charge in [0.2, 0.25) is 0 Å². The lowest BCUT2D eigenvalue weighted by Gasteiger charge is -2.40. The van der Waals surface area contributed by atoms with Gasteiger partial charge in [-0.25, -0.2) is 4.39 Å². The number of aliphatic hydroxyl groups excluding tert-OH is 1. The van der Waals surface area contributed by atoms with Crippen molar-refractivity contribution in [2.24, 2.45) is 5.92 Å². The molecule has 1 atom stereocenters. The second-order valence-electron chi connectivity index (χ2n) is 5.97. The van der Waals surface area contributed by atoms with Crippen LogP contribution in [0.5, 0.6) is 0 Å². The zero-order valence-electron chi connectivity index (χ0n) is 11.6. The van der Waals surface area contributed by atoms with E-state index >= 15 is 0 Å². The lowest BCUT2D eigenvalue weighted by Crippen LogP contribution is -2.44. The van der Waals surface area contributed by atoms with Crippen LogP contribution in [0.25, 0.3) is 0 Å². The molecule has 2 fully saturated rings. The molecule has 1 aromatic carbocycles. The zero-order chi connectivity index (χ0) is 13.9. The summed E-state index contributed by atoms with van der Waals surface area (Å²) in [5, 5.41) is 13.3. The average Bonchev–Trinajstić information content (AvgIpc) is 2.44. The minimum atomic E-state index is -0.202. The molecule has 0 amide bonds. The molecule has 1 saturated carbocycles. The van der Waals surface area contributed by atoms with Crippen LogP contribution in [0.4, 0.5) is 4.39 Å². The lowest BCUT2D eigenvalue weighted by molar-refractivity contribution is 0.0146. The Balaban J connectivity index is 1.71. The van der Waals surface area contributed by atoms with Crippen LogP contribution in [-0.2, 0) is 4.74 Å². The summed E-state index contributed by atoms with van der Waals surface area (Å²) in [6.45, 7) is 1.61. The highest BCUT2D eigenvalue weighted by Crippen LogP contribution is 2.38. The quantitative estimate of drug-likeness (QED) is 0.889. The largest absolute Gasteiger partial charge is 0.393 e. The minimum Gasteiger partial charge on any atom is -0.393 e. The van der Waals surface area contributed by atoms with Crippen molar-refractivity contribution in [2.45, 2.75) is 43.9 Å². The second-order valence-corrected chi connectivity index (χ2v) is 5.97. The fourth-order valence-corrected chi connectivity index (χ4v) is 3.19. The fraction of sp³-hybridized carbons (Fsp3) is 0.625. The number of rotatable bonds is 4. The van der Waals surface area contributed by atoms with E-state index in [1.165, 1.54) is 12.1 Å². The van der Waals surface area contributed by atoms with E-state index in [-0.39, 0.29) is 18.0 Å². The molecular formula is C16H22FNO2. The normalized spacial score (nSPS) is 28.9. The molecule has 1 aliphatic carbocycles. The summed E-state index contributed by atoms with van der Waals surface area (Å²) in [5.74, 6) is 0.241. The van der Waals surface area contributed by atoms with Gasteiger partial charge in [0, 0.05) is 25.3 Å². The molecule has 1 aliphatic heterocycles. The number of benzene rings is 1. The molecule has 4 heteroatoms. The molecule has 0 spiro atoms. The van der Waals surface area contributed by atoms with Gasteiger partial charge in [0.15, 0.2) is 0 Å². The highest BCUT2D eigenvalue weighted by molar-refractivity contribution is 5.22. The van der Waals surface area contributed by atoms with E-state index in [0.29, 0.717) is 12.0 Å². The standard InChI is InChI=1S/C16H22FNO2/c17-13-3-1-11(2-4-13)16(12-9-15(19)10-12)18-14-5-7-20-8-6-14/h1-4,12,14-16,18-19H,5-10H2/t12?,15?,16-/m1/s1. The highest BCUT2D eigenvalue weighted by Gasteiger charge is 2.35. The molecule has 110 valence electrons. The van der Waals surface area contributed by atoms with Gasteiger partial charge in [0.05, 0.1) is 6.10 Å². The van der Waals surface area contributed by atoms with Gasteiger partial charge in [0.25, 0.3) is 0 Å². The van der Waals surface area contributed by atoms with Crippen LogP contribution in [0.2, 0.25) is 0 Å². The van der Waals surface area contributed by atoms with Gasteiger partial charge < -0.3 is 15.2 Å². The molecule has 0 unspecified atom stereocenters. The number of aliphatic hydroxyl groups is 1. The number of hydrogen-bond donors (Lipinski definition) is 2. The molecular weight excluding hydrogens is 257 g/mol. The Morgan fingerprint density at radius 2 is 1.80 bits per heavy atom. The first-order valence-corrected chi connectivity index (χ1v) is 7.49. The Hall–Kier alpha value is -0.970. The van der Waals surface area contributed by atoms with Crippen LogP contribution < -0.4 is 5.32 Å². The minimum absolute atomic E-state index is 0.167. The van der Waals surface area contributed by atoms with E-state index in [1.54, 1.807) is 0 Å². The van der Waals surface area contributed by atoms with Gasteiger partial charge in [-0.1, -0.05) is 12.1 Å². The van der Waals surface area contributed by atoms with Crippen molar-refractivity contribution in [1.29, 1.82) is 0 Å². The van der Waals surface area contributed by atoms with Gasteiger partial charge in [-0.3, -0.25) is 0 Å². The summed E-state index contributed by atoms with van der Waals surface area (Å²) >= 11 is 0. The first kappa shape index (κ1) is 14.0. The third-order valence-electron chi connectivity index (χ3n) is 4.49. The van der Waals surface area contributed by atoms with Crippen molar-refractivity contribution in [1.82, 2.24) is 5.32 Å². The summed E-state index contributed by atoms with van der Waals surface area (Å²) in [4.78, 5) is 0. The maximum atomic E-state index is 13.1. The van der Waals surface area contributed by atoms with Gasteiger partial charge in [0.1, 0.15) is 5.82 Å². The molecule has 20 heavy (non-hydrogen) atoms. The van der Waals surface area contributed by atoms with E-state index in [9.17, 15) is 9.50 Å². The van der Waals surface area contributed by atoms with Gasteiger partial charge >= 0.3 is 0 Å². The molecule has 0 bridgehead atoms. The van der Waals surface area contributed by atoms with E-state index in [4.69, 9.17) is 4.74 Å². The van der Waals surface area contributed by atoms with E-state index in [2.05, 4.69) is 5.32 Å². The monoisotopic (exact) mass is 279 g/mol. The van der Waals surface area contributed by atoms with Crippen molar-refractivity contribution in [3.05, 3.63) is 35.6 Å². The maximum absolute atomic E-state index is 13.1.